The van der Waals surface area contributed by atoms with E-state index in [1.807, 2.05) is 148 Å². The Morgan fingerprint density at radius 2 is 1.03 bits per heavy atom. The minimum Gasteiger partial charge on any atom is -0.300 e. The number of carbonyl (C=O) groups is 18. The van der Waals surface area contributed by atoms with Gasteiger partial charge in [0.15, 0.2) is 0 Å². The van der Waals surface area contributed by atoms with Crippen LogP contribution in [0.1, 0.15) is 421 Å². The van der Waals surface area contributed by atoms with Gasteiger partial charge in [-0.25, -0.2) is 0 Å². The van der Waals surface area contributed by atoms with E-state index in [-0.39, 0.29) is 281 Å². The Bertz CT molecular complexity index is 5110. The molecule has 5 unspecified atom stereocenters. The van der Waals surface area contributed by atoms with Gasteiger partial charge < -0.3 is 14.4 Å². The van der Waals surface area contributed by atoms with Gasteiger partial charge in [-0.15, -0.1) is 0 Å². The number of carbonyl (C=O) groups excluding carboxylic acids is 18. The maximum Gasteiger partial charge on any atom is 0.140 e. The fourth-order valence-corrected chi connectivity index (χ4v) is 25.0. The van der Waals surface area contributed by atoms with Crippen molar-refractivity contribution in [2.75, 3.05) is 0 Å². The first-order chi connectivity index (χ1) is 66.4. The summed E-state index contributed by atoms with van der Waals surface area (Å²) in [5, 5.41) is 1.84. The summed E-state index contributed by atoms with van der Waals surface area (Å²) >= 11 is 0. The van der Waals surface area contributed by atoms with Crippen molar-refractivity contribution in [3.05, 3.63) is 119 Å². The first-order valence-corrected chi connectivity index (χ1v) is 54.4. The Balaban J connectivity index is 1.14. The molecule has 0 radical (unpaired) electrons. The molecular weight excluding hydrogens is 1770 g/mol. The number of benzene rings is 4. The summed E-state index contributed by atoms with van der Waals surface area (Å²) in [6.07, 6.45) is 9.74. The average Bonchev–Trinajstić information content (AvgIpc) is 1.46. The molecule has 5 aliphatic rings. The molecule has 0 aliphatic heterocycles. The van der Waals surface area contributed by atoms with Gasteiger partial charge >= 0.3 is 0 Å². The van der Waals surface area contributed by atoms with Crippen molar-refractivity contribution < 1.29 is 86.3 Å². The number of fused-ring (bicyclic) bond motifs is 2. The van der Waals surface area contributed by atoms with E-state index < -0.39 is 92.2 Å². The van der Waals surface area contributed by atoms with Gasteiger partial charge in [0, 0.05) is 190 Å². The van der Waals surface area contributed by atoms with Crippen LogP contribution in [0.5, 0.6) is 0 Å². The summed E-state index contributed by atoms with van der Waals surface area (Å²) in [7, 11) is 0. The normalized spacial score (nSPS) is 26.6. The van der Waals surface area contributed by atoms with E-state index in [2.05, 4.69) is 19.1 Å². The van der Waals surface area contributed by atoms with Crippen LogP contribution in [0.4, 0.5) is 0 Å². The maximum absolute atomic E-state index is 17.5. The van der Waals surface area contributed by atoms with Crippen molar-refractivity contribution in [3.63, 3.8) is 0 Å². The van der Waals surface area contributed by atoms with E-state index in [1.165, 1.54) is 33.3 Å². The van der Waals surface area contributed by atoms with E-state index >= 15 is 47.9 Å². The van der Waals surface area contributed by atoms with Crippen molar-refractivity contribution in [2.24, 2.45) is 109 Å². The molecule has 0 bridgehead atoms. The molecule has 4 aromatic carbocycles. The molecule has 0 heterocycles. The van der Waals surface area contributed by atoms with Gasteiger partial charge in [-0.05, 0) is 256 Å². The molecule has 4 aromatic rings. The molecule has 18 heteroatoms. The summed E-state index contributed by atoms with van der Waals surface area (Å²) in [4.78, 5) is 271. The SMILES string of the molecule is CC(=O)CCCCC[C@@H]1CC(=O)[C@H](CC2CCc3c(C)cccc32)CC(=O)[C@H](C(C)C)CC(=O)C(CC(C)=O)CC(=O)C(CC(C)C)C(C)(C)CCC(C)(C)C(C)(C(=O)C[C@](C)(CC2CCC(C(C)=O)CC2)C(=O)C[C@@](C)(Cc2ccc3ccccc3c2)C(=O)CC2(C(=O)CC3CCCC(=O)CCCCC[C@H](C(C)=O)CC(=O)[C@H](Cc4ccccc4)CC(=O)[C@H](CC(C)=O)CCC3=O)CCCCC2)CC1=O. The third kappa shape index (κ3) is 33.1. The molecular formula is C123H172O18. The van der Waals surface area contributed by atoms with Gasteiger partial charge in [-0.1, -0.05) is 212 Å². The van der Waals surface area contributed by atoms with Crippen LogP contribution in [-0.2, 0) is 106 Å². The molecule has 772 valence electrons. The minimum absolute atomic E-state index is 0.00660. The molecule has 141 heavy (non-hydrogen) atoms. The highest BCUT2D eigenvalue weighted by molar-refractivity contribution is 6.03. The third-order valence-electron chi connectivity index (χ3n) is 35.0. The van der Waals surface area contributed by atoms with E-state index in [1.54, 1.807) is 13.8 Å². The zero-order chi connectivity index (χ0) is 104. The smallest absolute Gasteiger partial charge is 0.140 e. The van der Waals surface area contributed by atoms with Crippen molar-refractivity contribution in [2.45, 2.75) is 419 Å². The fraction of sp³-hybridized carbons (Fsp3) is 0.675. The van der Waals surface area contributed by atoms with E-state index in [4.69, 9.17) is 0 Å². The number of unbranched alkanes of at least 4 members (excludes halogenated alkanes) is 2. The van der Waals surface area contributed by atoms with E-state index in [9.17, 15) is 38.4 Å². The number of rotatable bonds is 35. The quantitative estimate of drug-likeness (QED) is 0.0386. The highest BCUT2D eigenvalue weighted by Gasteiger charge is 2.55. The average molecular weight is 1940 g/mol. The zero-order valence-electron chi connectivity index (χ0n) is 89.1. The first kappa shape index (κ1) is 116. The second kappa shape index (κ2) is 52.8. The second-order valence-electron chi connectivity index (χ2n) is 48.1. The highest BCUT2D eigenvalue weighted by atomic mass is 16.2. The van der Waals surface area contributed by atoms with Crippen molar-refractivity contribution in [1.29, 1.82) is 0 Å². The molecule has 18 nitrogen and oxygen atoms in total. The zero-order valence-corrected chi connectivity index (χ0v) is 89.1. The van der Waals surface area contributed by atoms with Crippen LogP contribution in [0.2, 0.25) is 0 Å². The Kier molecular flexibility index (Phi) is 43.4. The molecule has 9 rings (SSSR count). The van der Waals surface area contributed by atoms with E-state index in [0.717, 1.165) is 52.3 Å². The third-order valence-corrected chi connectivity index (χ3v) is 35.0. The summed E-state index contributed by atoms with van der Waals surface area (Å²) in [6.45, 7) is 30.7. The molecule has 0 N–H and O–H groups in total. The lowest BCUT2D eigenvalue weighted by molar-refractivity contribution is -0.149. The molecule has 5 aliphatic carbocycles. The predicted molar refractivity (Wildman–Crippen MR) is 555 cm³/mol. The van der Waals surface area contributed by atoms with Crippen LogP contribution >= 0.6 is 0 Å². The number of aryl methyl sites for hydroxylation is 1. The summed E-state index contributed by atoms with van der Waals surface area (Å²) in [5.41, 5.74) is -3.09. The largest absolute Gasteiger partial charge is 0.300 e. The van der Waals surface area contributed by atoms with Gasteiger partial charge in [0.05, 0.1) is 0 Å². The number of hydrogen-bond acceptors (Lipinski definition) is 18. The Labute approximate surface area is 843 Å². The first-order valence-electron chi connectivity index (χ1n) is 54.4. The number of Topliss-reactive ketones (excluding diaryl/α,β-unsaturated/α-hetero) is 18. The molecule has 4 saturated carbocycles. The fourth-order valence-electron chi connectivity index (χ4n) is 25.0. The number of ketones is 18. The van der Waals surface area contributed by atoms with E-state index in [0.29, 0.717) is 122 Å². The maximum atomic E-state index is 17.5. The lowest BCUT2D eigenvalue weighted by atomic mass is 9.54. The molecule has 4 fully saturated rings. The minimum atomic E-state index is -1.64. The van der Waals surface area contributed by atoms with Crippen molar-refractivity contribution in [3.8, 4) is 0 Å². The van der Waals surface area contributed by atoms with Crippen LogP contribution < -0.4 is 0 Å². The molecule has 13 atom stereocenters. The highest BCUT2D eigenvalue weighted by Crippen LogP contribution is 2.55. The van der Waals surface area contributed by atoms with Crippen LogP contribution in [0.15, 0.2) is 91.0 Å². The van der Waals surface area contributed by atoms with Gasteiger partial charge in [0.1, 0.15) is 104 Å². The Morgan fingerprint density at radius 3 is 1.68 bits per heavy atom. The van der Waals surface area contributed by atoms with Crippen LogP contribution in [-0.4, -0.2) is 104 Å². The van der Waals surface area contributed by atoms with Gasteiger partial charge in [-0.2, -0.15) is 0 Å². The summed E-state index contributed by atoms with van der Waals surface area (Å²) < 4.78 is 0. The van der Waals surface area contributed by atoms with Crippen LogP contribution in [0.25, 0.3) is 10.8 Å². The Hall–Kier alpha value is -8.80. The number of hydrogen-bond donors (Lipinski definition) is 0. The van der Waals surface area contributed by atoms with Crippen LogP contribution in [0.3, 0.4) is 0 Å². The lowest BCUT2D eigenvalue weighted by Crippen LogP contribution is -2.49. The second-order valence-corrected chi connectivity index (χ2v) is 48.1. The molecule has 0 spiro atoms. The standard InChI is InChI=1S/C123H172O18/c1-79(2)60-105-112(136)70-98(62-84(8)126)110(134)72-104(80(3)4)111(135)69-100(65-94-52-54-102-81(5)34-32-45-103(94)102)109(133)67-95(41-26-18-22-35-82(6)124)113(137)75-122(17,119(13,14)59-58-118(105,11)12)117(141)77-120(15,73-88-46-49-90(50-47-88)85(9)127)115(139)76-121(16,74-89-48-51-91-38-28-29-40-93(91)64-89)116(140)78-123(56-30-21-31-57-123)114(138)71-96-42-33-44-101(129)43-27-20-25-39-92(86(10)128)66-108(132)99(63-87-36-23-19-24-37-87)68-107(131)97(61-83(7)125)53-55-106(96)130/h19,23-24,28-29,32,34,36-38,40,45,48,51,64,79-80,88,90,92,94-100,104-105H,18,20-22,25-27,30-31,33,35,39,41-44,46-47,49-50,52-63,65-78H2,1-17H3/t88?,90?,92-,94?,95+,96?,97-,98?,99+,100+,104-,105?,120-,121+,122?/m0/s1. The lowest BCUT2D eigenvalue weighted by Gasteiger charge is -2.47. The molecule has 0 saturated heterocycles. The van der Waals surface area contributed by atoms with Gasteiger partial charge in [0.25, 0.3) is 0 Å². The predicted octanol–water partition coefficient (Wildman–Crippen LogP) is 25.6. The van der Waals surface area contributed by atoms with Crippen LogP contribution in [0, 0.1) is 116 Å². The molecule has 0 amide bonds. The van der Waals surface area contributed by atoms with Crippen molar-refractivity contribution in [1.82, 2.24) is 0 Å². The molecule has 0 aromatic heterocycles. The van der Waals surface area contributed by atoms with Gasteiger partial charge in [-0.3, -0.25) is 71.9 Å². The monoisotopic (exact) mass is 1940 g/mol. The Morgan fingerprint density at radius 1 is 0.433 bits per heavy atom. The van der Waals surface area contributed by atoms with Gasteiger partial charge in [0.2, 0.25) is 0 Å². The summed E-state index contributed by atoms with van der Waals surface area (Å²) in [6, 6.07) is 29.3. The summed E-state index contributed by atoms with van der Waals surface area (Å²) in [5.74, 6) is -12.9. The van der Waals surface area contributed by atoms with Crippen molar-refractivity contribution >= 4 is 115 Å². The topological polar surface area (TPSA) is 307 Å².